The van der Waals surface area contributed by atoms with Gasteiger partial charge in [0.05, 0.1) is 18.2 Å². The van der Waals surface area contributed by atoms with E-state index in [0.717, 1.165) is 29.7 Å². The fourth-order valence-electron chi connectivity index (χ4n) is 3.01. The number of hydrogen-bond acceptors (Lipinski definition) is 9. The standard InChI is InChI=1S/C15H19N9O/c16-15-22-13(10-6-20-24-14(10)23-15)21-9-3-8(4-9)11-5-12(17-1-2-25)19-7-18-11/h5-9,25H,1-4H2,(H,17,18,19)(H4,16,20,21,22,23,24). The Morgan fingerprint density at radius 3 is 3.00 bits per heavy atom. The average molecular weight is 341 g/mol. The van der Waals surface area contributed by atoms with E-state index in [0.29, 0.717) is 30.0 Å². The van der Waals surface area contributed by atoms with Gasteiger partial charge < -0.3 is 21.5 Å². The smallest absolute Gasteiger partial charge is 0.224 e. The van der Waals surface area contributed by atoms with Gasteiger partial charge in [0, 0.05) is 30.3 Å². The molecule has 0 bridgehead atoms. The number of anilines is 3. The second kappa shape index (κ2) is 6.48. The Hall–Kier alpha value is -3.01. The van der Waals surface area contributed by atoms with Crippen LogP contribution in [0.5, 0.6) is 0 Å². The van der Waals surface area contributed by atoms with Crippen molar-refractivity contribution in [1.82, 2.24) is 30.1 Å². The number of H-pyrrole nitrogens is 1. The minimum atomic E-state index is 0.0688. The van der Waals surface area contributed by atoms with Crippen molar-refractivity contribution in [2.75, 3.05) is 29.5 Å². The molecule has 1 aliphatic carbocycles. The molecule has 25 heavy (non-hydrogen) atoms. The molecule has 3 aromatic rings. The highest BCUT2D eigenvalue weighted by Crippen LogP contribution is 2.38. The molecule has 0 amide bonds. The van der Waals surface area contributed by atoms with Crippen LogP contribution in [0.3, 0.4) is 0 Å². The number of aliphatic hydroxyl groups excluding tert-OH is 1. The zero-order valence-electron chi connectivity index (χ0n) is 13.5. The van der Waals surface area contributed by atoms with Gasteiger partial charge in [-0.25, -0.2) is 9.97 Å². The second-order valence-electron chi connectivity index (χ2n) is 6.05. The van der Waals surface area contributed by atoms with Crippen LogP contribution in [-0.4, -0.2) is 54.4 Å². The van der Waals surface area contributed by atoms with E-state index in [-0.39, 0.29) is 12.6 Å². The van der Waals surface area contributed by atoms with Gasteiger partial charge in [0.15, 0.2) is 5.65 Å². The molecule has 1 aliphatic rings. The van der Waals surface area contributed by atoms with Crippen molar-refractivity contribution >= 4 is 28.6 Å². The molecule has 0 saturated heterocycles. The fraction of sp³-hybridized carbons (Fsp3) is 0.400. The van der Waals surface area contributed by atoms with Crippen molar-refractivity contribution in [3.05, 3.63) is 24.3 Å². The third kappa shape index (κ3) is 3.15. The topological polar surface area (TPSA) is 151 Å². The fourth-order valence-corrected chi connectivity index (χ4v) is 3.01. The van der Waals surface area contributed by atoms with Gasteiger partial charge in [0.1, 0.15) is 18.0 Å². The molecule has 6 N–H and O–H groups in total. The zero-order chi connectivity index (χ0) is 17.2. The lowest BCUT2D eigenvalue weighted by atomic mass is 9.78. The lowest BCUT2D eigenvalue weighted by Gasteiger charge is -2.35. The minimum absolute atomic E-state index is 0.0688. The Bertz CT molecular complexity index is 874. The van der Waals surface area contributed by atoms with Gasteiger partial charge in [-0.05, 0) is 12.8 Å². The van der Waals surface area contributed by atoms with Crippen molar-refractivity contribution < 1.29 is 5.11 Å². The lowest BCUT2D eigenvalue weighted by molar-refractivity contribution is 0.311. The van der Waals surface area contributed by atoms with Crippen LogP contribution in [-0.2, 0) is 0 Å². The summed E-state index contributed by atoms with van der Waals surface area (Å²) in [5.74, 6) is 2.02. The Morgan fingerprint density at radius 1 is 1.28 bits per heavy atom. The highest BCUT2D eigenvalue weighted by Gasteiger charge is 2.32. The first-order valence-electron chi connectivity index (χ1n) is 8.12. The van der Waals surface area contributed by atoms with E-state index in [1.165, 1.54) is 0 Å². The molecule has 130 valence electrons. The number of nitrogens with zero attached hydrogens (tertiary/aromatic N) is 5. The number of nitrogens with two attached hydrogens (primary N) is 1. The van der Waals surface area contributed by atoms with Crippen LogP contribution in [0.15, 0.2) is 18.6 Å². The lowest BCUT2D eigenvalue weighted by Crippen LogP contribution is -2.35. The number of aliphatic hydroxyl groups is 1. The number of aromatic nitrogens is 6. The maximum Gasteiger partial charge on any atom is 0.224 e. The van der Waals surface area contributed by atoms with Crippen molar-refractivity contribution in [3.63, 3.8) is 0 Å². The maximum absolute atomic E-state index is 8.88. The van der Waals surface area contributed by atoms with E-state index < -0.39 is 0 Å². The second-order valence-corrected chi connectivity index (χ2v) is 6.05. The predicted octanol–water partition coefficient (Wildman–Crippen LogP) is 0.487. The number of hydrogen-bond donors (Lipinski definition) is 5. The van der Waals surface area contributed by atoms with Crippen LogP contribution >= 0.6 is 0 Å². The first-order valence-corrected chi connectivity index (χ1v) is 8.12. The minimum Gasteiger partial charge on any atom is -0.395 e. The summed E-state index contributed by atoms with van der Waals surface area (Å²) in [4.78, 5) is 16.9. The van der Waals surface area contributed by atoms with Crippen LogP contribution in [0.25, 0.3) is 11.0 Å². The van der Waals surface area contributed by atoms with E-state index >= 15 is 0 Å². The van der Waals surface area contributed by atoms with E-state index in [1.807, 2.05) is 6.07 Å². The highest BCUT2D eigenvalue weighted by molar-refractivity contribution is 5.86. The van der Waals surface area contributed by atoms with Crippen LogP contribution in [0.2, 0.25) is 0 Å². The summed E-state index contributed by atoms with van der Waals surface area (Å²) in [5.41, 5.74) is 7.37. The summed E-state index contributed by atoms with van der Waals surface area (Å²) in [6.45, 7) is 0.542. The molecule has 10 nitrogen and oxygen atoms in total. The van der Waals surface area contributed by atoms with Gasteiger partial charge in [0.25, 0.3) is 0 Å². The highest BCUT2D eigenvalue weighted by atomic mass is 16.3. The molecule has 0 atom stereocenters. The van der Waals surface area contributed by atoms with E-state index in [1.54, 1.807) is 12.5 Å². The molecule has 0 spiro atoms. The van der Waals surface area contributed by atoms with Crippen LogP contribution < -0.4 is 16.4 Å². The number of nitrogen functional groups attached to an aromatic ring is 1. The Balaban J connectivity index is 1.41. The molecule has 3 aromatic heterocycles. The summed E-state index contributed by atoms with van der Waals surface area (Å²) >= 11 is 0. The molecule has 4 rings (SSSR count). The molecule has 3 heterocycles. The van der Waals surface area contributed by atoms with Crippen molar-refractivity contribution in [2.24, 2.45) is 0 Å². The first kappa shape index (κ1) is 15.5. The molecule has 1 fully saturated rings. The monoisotopic (exact) mass is 341 g/mol. The molecule has 0 aromatic carbocycles. The van der Waals surface area contributed by atoms with Gasteiger partial charge in [-0.2, -0.15) is 15.1 Å². The summed E-state index contributed by atoms with van der Waals surface area (Å²) in [5, 5.41) is 23.0. The number of aromatic amines is 1. The van der Waals surface area contributed by atoms with Crippen molar-refractivity contribution in [3.8, 4) is 0 Å². The van der Waals surface area contributed by atoms with Crippen LogP contribution in [0, 0.1) is 0 Å². The zero-order valence-corrected chi connectivity index (χ0v) is 13.5. The molecule has 0 radical (unpaired) electrons. The maximum atomic E-state index is 8.88. The molecule has 10 heteroatoms. The van der Waals surface area contributed by atoms with Crippen LogP contribution in [0.4, 0.5) is 17.6 Å². The van der Waals surface area contributed by atoms with Gasteiger partial charge in [-0.1, -0.05) is 0 Å². The molecular formula is C15H19N9O. The predicted molar refractivity (Wildman–Crippen MR) is 93.1 cm³/mol. The molecular weight excluding hydrogens is 322 g/mol. The number of fused-ring (bicyclic) bond motifs is 1. The van der Waals surface area contributed by atoms with E-state index in [2.05, 4.69) is 40.8 Å². The van der Waals surface area contributed by atoms with E-state index in [4.69, 9.17) is 10.8 Å². The van der Waals surface area contributed by atoms with Gasteiger partial charge >= 0.3 is 0 Å². The largest absolute Gasteiger partial charge is 0.395 e. The van der Waals surface area contributed by atoms with Gasteiger partial charge in [-0.3, -0.25) is 5.10 Å². The average Bonchev–Trinajstić information content (AvgIpc) is 3.04. The third-order valence-corrected chi connectivity index (χ3v) is 4.33. The SMILES string of the molecule is Nc1nc(NC2CC(c3cc(NCCO)ncn3)C2)c2cn[nH]c2n1. The van der Waals surface area contributed by atoms with Crippen LogP contribution in [0.1, 0.15) is 24.5 Å². The summed E-state index contributed by atoms with van der Waals surface area (Å²) in [6, 6.07) is 2.23. The van der Waals surface area contributed by atoms with Gasteiger partial charge in [-0.15, -0.1) is 0 Å². The quantitative estimate of drug-likeness (QED) is 0.431. The first-order chi connectivity index (χ1) is 12.2. The summed E-state index contributed by atoms with van der Waals surface area (Å²) in [6.07, 6.45) is 5.13. The normalized spacial score (nSPS) is 19.6. The third-order valence-electron chi connectivity index (χ3n) is 4.33. The summed E-state index contributed by atoms with van der Waals surface area (Å²) in [7, 11) is 0. The van der Waals surface area contributed by atoms with Gasteiger partial charge in [0.2, 0.25) is 5.95 Å². The molecule has 0 aliphatic heterocycles. The summed E-state index contributed by atoms with van der Waals surface area (Å²) < 4.78 is 0. The van der Waals surface area contributed by atoms with E-state index in [9.17, 15) is 0 Å². The molecule has 1 saturated carbocycles. The number of nitrogens with one attached hydrogen (secondary N) is 3. The molecule has 0 unspecified atom stereocenters. The van der Waals surface area contributed by atoms with Crippen molar-refractivity contribution in [1.29, 1.82) is 0 Å². The Kier molecular flexibility index (Phi) is 4.02. The Labute approximate surface area is 143 Å². The number of rotatable bonds is 6. The Morgan fingerprint density at radius 2 is 2.16 bits per heavy atom. The van der Waals surface area contributed by atoms with Crippen molar-refractivity contribution in [2.45, 2.75) is 24.8 Å².